The molecule has 2 N–H and O–H groups in total. The van der Waals surface area contributed by atoms with Gasteiger partial charge in [-0.05, 0) is 84.5 Å². The van der Waals surface area contributed by atoms with Crippen molar-refractivity contribution in [2.75, 3.05) is 0 Å². The number of benzene rings is 2. The number of aromatic nitrogens is 2. The van der Waals surface area contributed by atoms with Gasteiger partial charge >= 0.3 is 0 Å². The zero-order valence-electron chi connectivity index (χ0n) is 18.8. The minimum atomic E-state index is -0.364. The van der Waals surface area contributed by atoms with E-state index in [0.29, 0.717) is 40.2 Å². The predicted molar refractivity (Wildman–Crippen MR) is 143 cm³/mol. The Hall–Kier alpha value is -4.27. The fourth-order valence-corrected chi connectivity index (χ4v) is 3.71. The standard InChI is InChI=1S/C27H19ClN4O3S/c28-20-9-7-18(8-10-20)22-13-11-21(34-22)12-14-24(33)31-27(36)30-16-17-3-5-19(6-4-17)26-32-25-23(35-26)2-1-15-29-25/h1-15H,16H2,(H2,30,31,33,36)/b14-12+. The van der Waals surface area contributed by atoms with Crippen LogP contribution in [0.25, 0.3) is 40.1 Å². The monoisotopic (exact) mass is 514 g/mol. The van der Waals surface area contributed by atoms with Crippen LogP contribution in [-0.2, 0) is 11.3 Å². The smallest absolute Gasteiger partial charge is 0.250 e. The lowest BCUT2D eigenvalue weighted by Crippen LogP contribution is -2.37. The van der Waals surface area contributed by atoms with E-state index in [2.05, 4.69) is 20.6 Å². The minimum absolute atomic E-state index is 0.222. The maximum atomic E-state index is 12.2. The lowest BCUT2D eigenvalue weighted by molar-refractivity contribution is -0.115. The summed E-state index contributed by atoms with van der Waals surface area (Å²) < 4.78 is 11.5. The summed E-state index contributed by atoms with van der Waals surface area (Å²) in [4.78, 5) is 20.8. The van der Waals surface area contributed by atoms with E-state index in [1.54, 1.807) is 36.5 Å². The van der Waals surface area contributed by atoms with Crippen LogP contribution in [0.4, 0.5) is 0 Å². The Morgan fingerprint density at radius 2 is 1.75 bits per heavy atom. The lowest BCUT2D eigenvalue weighted by atomic mass is 10.1. The number of hydrogen-bond acceptors (Lipinski definition) is 6. The topological polar surface area (TPSA) is 93.2 Å². The molecule has 1 amide bonds. The summed E-state index contributed by atoms with van der Waals surface area (Å²) in [7, 11) is 0. The van der Waals surface area contributed by atoms with Crippen LogP contribution in [0.2, 0.25) is 5.02 Å². The van der Waals surface area contributed by atoms with Crippen LogP contribution < -0.4 is 10.6 Å². The summed E-state index contributed by atoms with van der Waals surface area (Å²) in [5, 5.41) is 6.52. The Morgan fingerprint density at radius 1 is 0.972 bits per heavy atom. The van der Waals surface area contributed by atoms with Gasteiger partial charge in [0.1, 0.15) is 11.5 Å². The van der Waals surface area contributed by atoms with Crippen LogP contribution in [0, 0.1) is 0 Å². The lowest BCUT2D eigenvalue weighted by Gasteiger charge is -2.08. The zero-order valence-corrected chi connectivity index (χ0v) is 20.3. The SMILES string of the molecule is O=C(/C=C/c1ccc(-c2ccc(Cl)cc2)o1)NC(=S)NCc1ccc(-c2nc3ncccc3o2)cc1. The van der Waals surface area contributed by atoms with Gasteiger partial charge in [-0.3, -0.25) is 10.1 Å². The van der Waals surface area contributed by atoms with Crippen LogP contribution >= 0.6 is 23.8 Å². The average molecular weight is 515 g/mol. The summed E-state index contributed by atoms with van der Waals surface area (Å²) >= 11 is 11.2. The van der Waals surface area contributed by atoms with Crippen molar-refractivity contribution in [1.82, 2.24) is 20.6 Å². The number of amides is 1. The Bertz CT molecular complexity index is 1520. The molecule has 0 atom stereocenters. The number of nitrogens with one attached hydrogen (secondary N) is 2. The minimum Gasteiger partial charge on any atom is -0.457 e. The molecule has 3 aromatic heterocycles. The number of oxazole rings is 1. The fourth-order valence-electron chi connectivity index (χ4n) is 3.41. The highest BCUT2D eigenvalue weighted by atomic mass is 35.5. The zero-order chi connectivity index (χ0) is 24.9. The van der Waals surface area contributed by atoms with Crippen molar-refractivity contribution < 1.29 is 13.6 Å². The number of halogens is 1. The molecule has 0 fully saturated rings. The Morgan fingerprint density at radius 3 is 2.53 bits per heavy atom. The molecule has 9 heteroatoms. The molecule has 7 nitrogen and oxygen atoms in total. The molecule has 5 rings (SSSR count). The number of furan rings is 1. The second-order valence-electron chi connectivity index (χ2n) is 7.76. The van der Waals surface area contributed by atoms with Gasteiger partial charge in [0.2, 0.25) is 11.8 Å². The summed E-state index contributed by atoms with van der Waals surface area (Å²) in [6.07, 6.45) is 4.62. The Balaban J connectivity index is 1.11. The number of carbonyl (C=O) groups excluding carboxylic acids is 1. The second-order valence-corrected chi connectivity index (χ2v) is 8.60. The highest BCUT2D eigenvalue weighted by Crippen LogP contribution is 2.25. The van der Waals surface area contributed by atoms with Crippen molar-refractivity contribution in [3.8, 4) is 22.8 Å². The van der Waals surface area contributed by atoms with Gasteiger partial charge in [0.05, 0.1) is 0 Å². The van der Waals surface area contributed by atoms with Crippen molar-refractivity contribution in [3.63, 3.8) is 0 Å². The van der Waals surface area contributed by atoms with E-state index in [4.69, 9.17) is 32.7 Å². The predicted octanol–water partition coefficient (Wildman–Crippen LogP) is 6.01. The number of nitrogens with zero attached hydrogens (tertiary/aromatic N) is 2. The highest BCUT2D eigenvalue weighted by molar-refractivity contribution is 7.80. The van der Waals surface area contributed by atoms with Gasteiger partial charge < -0.3 is 14.2 Å². The highest BCUT2D eigenvalue weighted by Gasteiger charge is 2.09. The van der Waals surface area contributed by atoms with Crippen LogP contribution in [-0.4, -0.2) is 21.0 Å². The third-order valence-corrected chi connectivity index (χ3v) is 5.71. The van der Waals surface area contributed by atoms with Gasteiger partial charge in [-0.25, -0.2) is 4.98 Å². The maximum Gasteiger partial charge on any atom is 0.250 e. The quantitative estimate of drug-likeness (QED) is 0.212. The van der Waals surface area contributed by atoms with E-state index in [9.17, 15) is 4.79 Å². The summed E-state index contributed by atoms with van der Waals surface area (Å²) in [6.45, 7) is 0.445. The summed E-state index contributed by atoms with van der Waals surface area (Å²) in [6, 6.07) is 22.3. The van der Waals surface area contributed by atoms with Gasteiger partial charge in [0, 0.05) is 35.0 Å². The van der Waals surface area contributed by atoms with Crippen LogP contribution in [0.15, 0.2) is 93.9 Å². The van der Waals surface area contributed by atoms with Gasteiger partial charge in [-0.15, -0.1) is 0 Å². The van der Waals surface area contributed by atoms with E-state index in [0.717, 1.165) is 16.7 Å². The summed E-state index contributed by atoms with van der Waals surface area (Å²) in [5.74, 6) is 1.37. The van der Waals surface area contributed by atoms with E-state index >= 15 is 0 Å². The largest absolute Gasteiger partial charge is 0.457 e. The molecule has 178 valence electrons. The molecule has 2 aromatic carbocycles. The molecule has 3 heterocycles. The summed E-state index contributed by atoms with van der Waals surface area (Å²) in [5.41, 5.74) is 3.93. The van der Waals surface area contributed by atoms with E-state index in [1.807, 2.05) is 48.5 Å². The first-order chi connectivity index (χ1) is 17.5. The average Bonchev–Trinajstić information content (AvgIpc) is 3.54. The van der Waals surface area contributed by atoms with E-state index in [-0.39, 0.29) is 11.0 Å². The molecule has 36 heavy (non-hydrogen) atoms. The Kier molecular flexibility index (Phi) is 6.88. The van der Waals surface area contributed by atoms with Gasteiger partial charge in [-0.2, -0.15) is 4.98 Å². The first-order valence-electron chi connectivity index (χ1n) is 11.0. The normalized spacial score (nSPS) is 11.1. The molecule has 0 saturated carbocycles. The van der Waals surface area contributed by atoms with E-state index < -0.39 is 0 Å². The van der Waals surface area contributed by atoms with Crippen LogP contribution in [0.1, 0.15) is 11.3 Å². The molecule has 0 aliphatic rings. The number of rotatable bonds is 6. The fraction of sp³-hybridized carbons (Fsp3) is 0.0370. The molecule has 0 radical (unpaired) electrons. The molecule has 0 spiro atoms. The second kappa shape index (κ2) is 10.6. The first kappa shape index (κ1) is 23.5. The molecular formula is C27H19ClN4O3S. The van der Waals surface area contributed by atoms with Crippen molar-refractivity contribution in [1.29, 1.82) is 0 Å². The third-order valence-electron chi connectivity index (χ3n) is 5.21. The number of hydrogen-bond donors (Lipinski definition) is 2. The van der Waals surface area contributed by atoms with Gasteiger partial charge in [0.15, 0.2) is 16.3 Å². The van der Waals surface area contributed by atoms with Gasteiger partial charge in [0.25, 0.3) is 0 Å². The van der Waals surface area contributed by atoms with Crippen molar-refractivity contribution in [3.05, 3.63) is 101 Å². The molecule has 0 aliphatic heterocycles. The first-order valence-corrected chi connectivity index (χ1v) is 11.8. The Labute approximate surface area is 216 Å². The number of thiocarbonyl (C=S) groups is 1. The number of carbonyl (C=O) groups is 1. The molecule has 5 aromatic rings. The number of pyridine rings is 1. The molecule has 0 saturated heterocycles. The molecular weight excluding hydrogens is 496 g/mol. The maximum absolute atomic E-state index is 12.2. The van der Waals surface area contributed by atoms with Crippen LogP contribution in [0.5, 0.6) is 0 Å². The third kappa shape index (κ3) is 5.68. The molecule has 0 unspecified atom stereocenters. The number of fused-ring (bicyclic) bond motifs is 1. The molecule has 0 aliphatic carbocycles. The van der Waals surface area contributed by atoms with Crippen molar-refractivity contribution in [2.24, 2.45) is 0 Å². The van der Waals surface area contributed by atoms with Gasteiger partial charge in [-0.1, -0.05) is 23.7 Å². The molecule has 0 bridgehead atoms. The van der Waals surface area contributed by atoms with Crippen molar-refractivity contribution in [2.45, 2.75) is 6.54 Å². The van der Waals surface area contributed by atoms with Crippen molar-refractivity contribution >= 4 is 52.1 Å². The van der Waals surface area contributed by atoms with Crippen LogP contribution in [0.3, 0.4) is 0 Å². The van der Waals surface area contributed by atoms with E-state index in [1.165, 1.54) is 6.08 Å².